The molecule has 34 heavy (non-hydrogen) atoms. The number of fused-ring (bicyclic) bond motifs is 1. The number of aromatic hydroxyl groups is 2. The number of phenols is 2. The number of phenolic OH excluding ortho intramolecular Hbond substituents is 2. The molecular weight excluding hydrogens is 476 g/mol. The van der Waals surface area contributed by atoms with E-state index in [1.165, 1.54) is 37.3 Å². The summed E-state index contributed by atoms with van der Waals surface area (Å²) in [4.78, 5) is -0.636. The van der Waals surface area contributed by atoms with Crippen molar-refractivity contribution < 1.29 is 31.6 Å². The van der Waals surface area contributed by atoms with Crippen molar-refractivity contribution in [2.45, 2.75) is 35.0 Å². The lowest BCUT2D eigenvalue weighted by atomic mass is 9.98. The van der Waals surface area contributed by atoms with E-state index in [9.17, 15) is 31.6 Å². The standard InChI is InChI=1S/C25H22O7S2/c1-15-13-20(10-12-22(15)26)33(28,29)24-16(2)18(9-11-23(24)27)14-19-8-7-17-5-3-4-6-21(17)25(19)34(30,31)32/h3-13,26-27H,14H2,1-2H3,(H,30,31,32). The van der Waals surface area contributed by atoms with E-state index >= 15 is 0 Å². The molecule has 4 aromatic rings. The molecule has 0 aliphatic carbocycles. The second-order valence-corrected chi connectivity index (χ2v) is 11.3. The van der Waals surface area contributed by atoms with Crippen molar-refractivity contribution in [1.82, 2.24) is 0 Å². The maximum absolute atomic E-state index is 13.4. The molecule has 0 aliphatic heterocycles. The van der Waals surface area contributed by atoms with Crippen LogP contribution in [-0.4, -0.2) is 31.6 Å². The minimum atomic E-state index is -4.58. The predicted molar refractivity (Wildman–Crippen MR) is 128 cm³/mol. The van der Waals surface area contributed by atoms with E-state index in [1.807, 2.05) is 0 Å². The van der Waals surface area contributed by atoms with Gasteiger partial charge in [-0.1, -0.05) is 42.5 Å². The van der Waals surface area contributed by atoms with Crippen LogP contribution in [0.4, 0.5) is 0 Å². The van der Waals surface area contributed by atoms with E-state index in [0.29, 0.717) is 27.5 Å². The molecule has 0 radical (unpaired) electrons. The average molecular weight is 499 g/mol. The Morgan fingerprint density at radius 2 is 1.38 bits per heavy atom. The van der Waals surface area contributed by atoms with E-state index in [4.69, 9.17) is 0 Å². The van der Waals surface area contributed by atoms with Gasteiger partial charge in [-0.3, -0.25) is 4.55 Å². The first-order chi connectivity index (χ1) is 15.9. The molecule has 0 aliphatic rings. The van der Waals surface area contributed by atoms with Gasteiger partial charge in [-0.2, -0.15) is 8.42 Å². The number of hydrogen-bond donors (Lipinski definition) is 3. The lowest BCUT2D eigenvalue weighted by molar-refractivity contribution is 0.457. The van der Waals surface area contributed by atoms with Gasteiger partial charge < -0.3 is 10.2 Å². The minimum Gasteiger partial charge on any atom is -0.508 e. The van der Waals surface area contributed by atoms with Gasteiger partial charge in [-0.25, -0.2) is 8.42 Å². The van der Waals surface area contributed by atoms with Crippen LogP contribution in [0.1, 0.15) is 22.3 Å². The van der Waals surface area contributed by atoms with Gasteiger partial charge in [0.1, 0.15) is 21.3 Å². The van der Waals surface area contributed by atoms with Crippen LogP contribution in [0, 0.1) is 13.8 Å². The molecule has 3 N–H and O–H groups in total. The first kappa shape index (κ1) is 23.7. The molecule has 0 fully saturated rings. The van der Waals surface area contributed by atoms with Gasteiger partial charge in [0.15, 0.2) is 0 Å². The van der Waals surface area contributed by atoms with Gasteiger partial charge in [-0.05, 0) is 72.2 Å². The molecule has 0 spiro atoms. The summed E-state index contributed by atoms with van der Waals surface area (Å²) in [6.07, 6.45) is 0.00317. The van der Waals surface area contributed by atoms with Crippen LogP contribution in [0.15, 0.2) is 81.4 Å². The van der Waals surface area contributed by atoms with Crippen molar-refractivity contribution in [2.24, 2.45) is 0 Å². The summed E-state index contributed by atoms with van der Waals surface area (Å²) in [6, 6.07) is 16.6. The molecule has 0 bridgehead atoms. The second kappa shape index (κ2) is 8.43. The van der Waals surface area contributed by atoms with Crippen LogP contribution < -0.4 is 0 Å². The fraction of sp³-hybridized carbons (Fsp3) is 0.120. The maximum Gasteiger partial charge on any atom is 0.295 e. The molecule has 9 heteroatoms. The Bertz CT molecular complexity index is 1650. The number of aryl methyl sites for hydroxylation is 1. The number of sulfone groups is 1. The summed E-state index contributed by atoms with van der Waals surface area (Å²) >= 11 is 0. The quantitative estimate of drug-likeness (QED) is 0.345. The molecule has 0 heterocycles. The molecule has 0 unspecified atom stereocenters. The highest BCUT2D eigenvalue weighted by Gasteiger charge is 2.27. The van der Waals surface area contributed by atoms with Crippen molar-refractivity contribution in [3.05, 3.63) is 89.0 Å². The Morgan fingerprint density at radius 3 is 2.06 bits per heavy atom. The minimum absolute atomic E-state index is 0.00317. The average Bonchev–Trinajstić information content (AvgIpc) is 2.76. The molecule has 4 aromatic carbocycles. The van der Waals surface area contributed by atoms with Gasteiger partial charge in [0.05, 0.1) is 4.90 Å². The lowest BCUT2D eigenvalue weighted by Crippen LogP contribution is -2.09. The topological polar surface area (TPSA) is 129 Å². The Kier molecular flexibility index (Phi) is 5.89. The molecule has 176 valence electrons. The molecule has 0 saturated heterocycles. The van der Waals surface area contributed by atoms with Crippen LogP contribution in [0.3, 0.4) is 0 Å². The third-order valence-electron chi connectivity index (χ3n) is 5.84. The fourth-order valence-electron chi connectivity index (χ4n) is 4.10. The highest BCUT2D eigenvalue weighted by molar-refractivity contribution is 7.91. The van der Waals surface area contributed by atoms with Crippen molar-refractivity contribution in [3.63, 3.8) is 0 Å². The molecule has 0 aromatic heterocycles. The summed E-state index contributed by atoms with van der Waals surface area (Å²) in [7, 11) is -8.74. The third-order valence-corrected chi connectivity index (χ3v) is 8.77. The molecule has 4 rings (SSSR count). The Labute approximate surface area is 197 Å². The lowest BCUT2D eigenvalue weighted by Gasteiger charge is -2.16. The molecule has 7 nitrogen and oxygen atoms in total. The summed E-state index contributed by atoms with van der Waals surface area (Å²) in [5, 5.41) is 21.2. The van der Waals surface area contributed by atoms with Crippen LogP contribution in [0.2, 0.25) is 0 Å². The van der Waals surface area contributed by atoms with Gasteiger partial charge >= 0.3 is 0 Å². The zero-order chi connectivity index (χ0) is 24.8. The maximum atomic E-state index is 13.4. The summed E-state index contributed by atoms with van der Waals surface area (Å²) < 4.78 is 61.2. The largest absolute Gasteiger partial charge is 0.508 e. The van der Waals surface area contributed by atoms with Crippen LogP contribution in [0.5, 0.6) is 11.5 Å². The van der Waals surface area contributed by atoms with Gasteiger partial charge in [0.25, 0.3) is 10.1 Å². The molecule has 0 amide bonds. The van der Waals surface area contributed by atoms with Gasteiger partial charge in [-0.15, -0.1) is 0 Å². The van der Waals surface area contributed by atoms with Crippen LogP contribution in [-0.2, 0) is 26.4 Å². The van der Waals surface area contributed by atoms with E-state index in [-0.39, 0.29) is 32.4 Å². The van der Waals surface area contributed by atoms with E-state index < -0.39 is 25.7 Å². The third kappa shape index (κ3) is 4.13. The van der Waals surface area contributed by atoms with E-state index in [1.54, 1.807) is 43.3 Å². The van der Waals surface area contributed by atoms with Crippen molar-refractivity contribution in [2.75, 3.05) is 0 Å². The number of benzene rings is 4. The van der Waals surface area contributed by atoms with Gasteiger partial charge in [0.2, 0.25) is 9.84 Å². The van der Waals surface area contributed by atoms with Crippen molar-refractivity contribution in [3.8, 4) is 11.5 Å². The Hall–Kier alpha value is -3.40. The normalized spacial score (nSPS) is 12.2. The molecular formula is C25H22O7S2. The molecule has 0 saturated carbocycles. The summed E-state index contributed by atoms with van der Waals surface area (Å²) in [6.45, 7) is 3.09. The monoisotopic (exact) mass is 498 g/mol. The highest BCUT2D eigenvalue weighted by Crippen LogP contribution is 2.36. The number of hydrogen-bond acceptors (Lipinski definition) is 6. The first-order valence-corrected chi connectivity index (χ1v) is 13.2. The summed E-state index contributed by atoms with van der Waals surface area (Å²) in [5.74, 6) is -0.497. The highest BCUT2D eigenvalue weighted by atomic mass is 32.2. The van der Waals surface area contributed by atoms with E-state index in [0.717, 1.165) is 0 Å². The van der Waals surface area contributed by atoms with Crippen molar-refractivity contribution >= 4 is 30.7 Å². The SMILES string of the molecule is Cc1cc(S(=O)(=O)c2c(O)ccc(Cc3ccc4ccccc4c3S(=O)(=O)O)c2C)ccc1O. The Balaban J connectivity index is 1.89. The summed E-state index contributed by atoms with van der Waals surface area (Å²) in [5.41, 5.74) is 1.37. The van der Waals surface area contributed by atoms with Crippen LogP contribution >= 0.6 is 0 Å². The fourth-order valence-corrected chi connectivity index (χ4v) is 6.73. The Morgan fingerprint density at radius 1 is 0.735 bits per heavy atom. The van der Waals surface area contributed by atoms with Crippen LogP contribution in [0.25, 0.3) is 10.8 Å². The smallest absolute Gasteiger partial charge is 0.295 e. The second-order valence-electron chi connectivity index (χ2n) is 8.08. The first-order valence-electron chi connectivity index (χ1n) is 10.3. The van der Waals surface area contributed by atoms with E-state index in [2.05, 4.69) is 0 Å². The zero-order valence-electron chi connectivity index (χ0n) is 18.3. The zero-order valence-corrected chi connectivity index (χ0v) is 20.0. The number of rotatable bonds is 5. The van der Waals surface area contributed by atoms with Crippen molar-refractivity contribution in [1.29, 1.82) is 0 Å². The molecule has 0 atom stereocenters. The predicted octanol–water partition coefficient (Wildman–Crippen LogP) is 4.54. The van der Waals surface area contributed by atoms with Gasteiger partial charge in [0, 0.05) is 5.39 Å².